The number of aromatic nitrogens is 2. The summed E-state index contributed by atoms with van der Waals surface area (Å²) in [6.07, 6.45) is 1.52. The Kier molecular flexibility index (Phi) is 3.51. The van der Waals surface area contributed by atoms with Crippen LogP contribution in [0.1, 0.15) is 17.4 Å². The van der Waals surface area contributed by atoms with Gasteiger partial charge in [-0.1, -0.05) is 12.1 Å². The van der Waals surface area contributed by atoms with Crippen LogP contribution in [0.4, 0.5) is 0 Å². The van der Waals surface area contributed by atoms with Crippen LogP contribution >= 0.6 is 0 Å². The third kappa shape index (κ3) is 2.69. The Morgan fingerprint density at radius 2 is 1.62 bits per heavy atom. The maximum absolute atomic E-state index is 12.4. The highest BCUT2D eigenvalue weighted by molar-refractivity contribution is 5.94. The van der Waals surface area contributed by atoms with Crippen LogP contribution in [-0.2, 0) is 4.79 Å². The number of rotatable bonds is 1. The molecule has 2 aromatic rings. The molecular formula is C15H16N4O2. The molecule has 1 saturated heterocycles. The zero-order valence-corrected chi connectivity index (χ0v) is 11.8. The molecular weight excluding hydrogens is 268 g/mol. The Morgan fingerprint density at radius 1 is 1.00 bits per heavy atom. The number of benzene rings is 1. The summed E-state index contributed by atoms with van der Waals surface area (Å²) in [6, 6.07) is 7.46. The Balaban J connectivity index is 1.76. The van der Waals surface area contributed by atoms with Crippen molar-refractivity contribution in [3.05, 3.63) is 36.2 Å². The van der Waals surface area contributed by atoms with Gasteiger partial charge in [-0.05, 0) is 12.1 Å². The second-order valence-corrected chi connectivity index (χ2v) is 5.04. The second-order valence-electron chi connectivity index (χ2n) is 5.04. The van der Waals surface area contributed by atoms with Gasteiger partial charge in [-0.25, -0.2) is 4.98 Å². The molecule has 2 amide bonds. The largest absolute Gasteiger partial charge is 0.339 e. The molecule has 108 valence electrons. The van der Waals surface area contributed by atoms with Crippen molar-refractivity contribution in [2.45, 2.75) is 6.92 Å². The predicted molar refractivity (Wildman–Crippen MR) is 77.7 cm³/mol. The smallest absolute Gasteiger partial charge is 0.274 e. The van der Waals surface area contributed by atoms with Gasteiger partial charge in [0.2, 0.25) is 5.91 Å². The fraction of sp³-hybridized carbons (Fsp3) is 0.333. The molecule has 1 fully saturated rings. The molecule has 0 spiro atoms. The maximum Gasteiger partial charge on any atom is 0.274 e. The Bertz CT molecular complexity index is 693. The number of carbonyl (C=O) groups excluding carboxylic acids is 2. The van der Waals surface area contributed by atoms with Crippen molar-refractivity contribution in [2.24, 2.45) is 0 Å². The lowest BCUT2D eigenvalue weighted by atomic mass is 10.2. The first kappa shape index (κ1) is 13.5. The molecule has 0 N–H and O–H groups in total. The summed E-state index contributed by atoms with van der Waals surface area (Å²) in [5.41, 5.74) is 1.84. The molecule has 2 heterocycles. The lowest BCUT2D eigenvalue weighted by Gasteiger charge is -2.33. The van der Waals surface area contributed by atoms with E-state index in [2.05, 4.69) is 9.97 Å². The van der Waals surface area contributed by atoms with Gasteiger partial charge in [0.15, 0.2) is 0 Å². The fourth-order valence-corrected chi connectivity index (χ4v) is 2.45. The van der Waals surface area contributed by atoms with E-state index in [9.17, 15) is 9.59 Å². The third-order valence-corrected chi connectivity index (χ3v) is 3.68. The number of amides is 2. The maximum atomic E-state index is 12.4. The Labute approximate surface area is 122 Å². The molecule has 0 atom stereocenters. The Morgan fingerprint density at radius 3 is 2.29 bits per heavy atom. The second kappa shape index (κ2) is 5.47. The number of hydrogen-bond donors (Lipinski definition) is 0. The number of hydrogen-bond acceptors (Lipinski definition) is 4. The van der Waals surface area contributed by atoms with E-state index < -0.39 is 0 Å². The van der Waals surface area contributed by atoms with Crippen LogP contribution in [0.5, 0.6) is 0 Å². The molecule has 0 saturated carbocycles. The number of carbonyl (C=O) groups is 2. The number of para-hydroxylation sites is 2. The average molecular weight is 284 g/mol. The summed E-state index contributed by atoms with van der Waals surface area (Å²) in [6.45, 7) is 3.76. The van der Waals surface area contributed by atoms with Crippen molar-refractivity contribution < 1.29 is 9.59 Å². The van der Waals surface area contributed by atoms with Crippen LogP contribution in [0.3, 0.4) is 0 Å². The lowest BCUT2D eigenvalue weighted by molar-refractivity contribution is -0.130. The van der Waals surface area contributed by atoms with Crippen molar-refractivity contribution in [3.63, 3.8) is 0 Å². The number of fused-ring (bicyclic) bond motifs is 1. The van der Waals surface area contributed by atoms with E-state index in [1.54, 1.807) is 16.7 Å². The van der Waals surface area contributed by atoms with Crippen molar-refractivity contribution in [2.75, 3.05) is 26.2 Å². The van der Waals surface area contributed by atoms with Crippen molar-refractivity contribution in [3.8, 4) is 0 Å². The molecule has 6 heteroatoms. The number of nitrogens with zero attached hydrogens (tertiary/aromatic N) is 4. The van der Waals surface area contributed by atoms with Crippen LogP contribution in [0.15, 0.2) is 30.5 Å². The Hall–Kier alpha value is -2.50. The summed E-state index contributed by atoms with van der Waals surface area (Å²) in [5, 5.41) is 0. The van der Waals surface area contributed by atoms with Gasteiger partial charge in [-0.2, -0.15) is 0 Å². The first-order chi connectivity index (χ1) is 10.1. The molecule has 3 rings (SSSR count). The minimum absolute atomic E-state index is 0.0487. The quantitative estimate of drug-likeness (QED) is 0.781. The highest BCUT2D eigenvalue weighted by Crippen LogP contribution is 2.11. The van der Waals surface area contributed by atoms with E-state index in [0.717, 1.165) is 5.52 Å². The van der Waals surface area contributed by atoms with Gasteiger partial charge in [-0.3, -0.25) is 14.6 Å². The molecule has 1 aromatic heterocycles. The summed E-state index contributed by atoms with van der Waals surface area (Å²) in [7, 11) is 0. The minimum atomic E-state index is -0.128. The summed E-state index contributed by atoms with van der Waals surface area (Å²) in [5.74, 6) is -0.0796. The van der Waals surface area contributed by atoms with Crippen molar-refractivity contribution in [1.82, 2.24) is 19.8 Å². The van der Waals surface area contributed by atoms with Gasteiger partial charge in [0, 0.05) is 33.1 Å². The first-order valence-corrected chi connectivity index (χ1v) is 6.92. The number of piperazine rings is 1. The normalized spacial score (nSPS) is 15.3. The van der Waals surface area contributed by atoms with E-state index in [4.69, 9.17) is 0 Å². The van der Waals surface area contributed by atoms with Crippen LogP contribution in [-0.4, -0.2) is 57.8 Å². The zero-order chi connectivity index (χ0) is 14.8. The third-order valence-electron chi connectivity index (χ3n) is 3.68. The van der Waals surface area contributed by atoms with Crippen LogP contribution in [0.2, 0.25) is 0 Å². The summed E-state index contributed by atoms with van der Waals surface area (Å²) < 4.78 is 0. The van der Waals surface area contributed by atoms with E-state index >= 15 is 0 Å². The highest BCUT2D eigenvalue weighted by Gasteiger charge is 2.24. The van der Waals surface area contributed by atoms with Gasteiger partial charge in [0.1, 0.15) is 5.69 Å². The van der Waals surface area contributed by atoms with Gasteiger partial charge < -0.3 is 9.80 Å². The van der Waals surface area contributed by atoms with Gasteiger partial charge in [-0.15, -0.1) is 0 Å². The zero-order valence-electron chi connectivity index (χ0n) is 11.8. The highest BCUT2D eigenvalue weighted by atomic mass is 16.2. The van der Waals surface area contributed by atoms with E-state index in [0.29, 0.717) is 37.4 Å². The summed E-state index contributed by atoms with van der Waals surface area (Å²) in [4.78, 5) is 35.8. The average Bonchev–Trinajstić information content (AvgIpc) is 2.54. The molecule has 21 heavy (non-hydrogen) atoms. The standard InChI is InChI=1S/C15H16N4O2/c1-11(20)18-6-8-19(9-7-18)15(21)14-10-16-12-4-2-3-5-13(12)17-14/h2-5,10H,6-9H2,1H3. The first-order valence-electron chi connectivity index (χ1n) is 6.92. The van der Waals surface area contributed by atoms with E-state index in [1.165, 1.54) is 6.20 Å². The van der Waals surface area contributed by atoms with Gasteiger partial charge in [0.05, 0.1) is 17.2 Å². The molecule has 0 aliphatic carbocycles. The molecule has 0 radical (unpaired) electrons. The van der Waals surface area contributed by atoms with E-state index in [1.807, 2.05) is 24.3 Å². The van der Waals surface area contributed by atoms with Crippen LogP contribution in [0.25, 0.3) is 11.0 Å². The van der Waals surface area contributed by atoms with E-state index in [-0.39, 0.29) is 11.8 Å². The molecule has 0 unspecified atom stereocenters. The molecule has 1 aliphatic rings. The molecule has 6 nitrogen and oxygen atoms in total. The van der Waals surface area contributed by atoms with Gasteiger partial charge in [0.25, 0.3) is 5.91 Å². The lowest BCUT2D eigenvalue weighted by Crippen LogP contribution is -2.50. The molecule has 0 bridgehead atoms. The fourth-order valence-electron chi connectivity index (χ4n) is 2.45. The topological polar surface area (TPSA) is 66.4 Å². The molecule has 1 aliphatic heterocycles. The van der Waals surface area contributed by atoms with Crippen LogP contribution < -0.4 is 0 Å². The SMILES string of the molecule is CC(=O)N1CCN(C(=O)c2cnc3ccccc3n2)CC1. The van der Waals surface area contributed by atoms with Gasteiger partial charge >= 0.3 is 0 Å². The minimum Gasteiger partial charge on any atom is -0.339 e. The van der Waals surface area contributed by atoms with Crippen molar-refractivity contribution in [1.29, 1.82) is 0 Å². The predicted octanol–water partition coefficient (Wildman–Crippen LogP) is 0.934. The monoisotopic (exact) mass is 284 g/mol. The van der Waals surface area contributed by atoms with Crippen LogP contribution in [0, 0.1) is 0 Å². The molecule has 1 aromatic carbocycles. The summed E-state index contributed by atoms with van der Waals surface area (Å²) >= 11 is 0. The van der Waals surface area contributed by atoms with Crippen molar-refractivity contribution >= 4 is 22.8 Å².